The van der Waals surface area contributed by atoms with Gasteiger partial charge in [0.15, 0.2) is 0 Å². The number of hydrogen-bond donors (Lipinski definition) is 0. The van der Waals surface area contributed by atoms with Crippen molar-refractivity contribution < 1.29 is 14.3 Å². The molecule has 1 heterocycles. The molecule has 2 amide bonds. The fourth-order valence-electron chi connectivity index (χ4n) is 5.48. The van der Waals surface area contributed by atoms with Gasteiger partial charge >= 0.3 is 0 Å². The molecule has 2 aromatic carbocycles. The number of nitrogens with zero attached hydrogens (tertiary/aromatic N) is 2. The lowest BCUT2D eigenvalue weighted by Gasteiger charge is -2.54. The summed E-state index contributed by atoms with van der Waals surface area (Å²) in [6.45, 7) is 1.53. The summed E-state index contributed by atoms with van der Waals surface area (Å²) >= 11 is 0. The smallest absolute Gasteiger partial charge is 0.254 e. The van der Waals surface area contributed by atoms with E-state index >= 15 is 0 Å². The number of benzene rings is 2. The summed E-state index contributed by atoms with van der Waals surface area (Å²) in [4.78, 5) is 31.4. The van der Waals surface area contributed by atoms with Crippen LogP contribution in [-0.4, -0.2) is 54.5 Å². The molecule has 1 atom stereocenters. The summed E-state index contributed by atoms with van der Waals surface area (Å²) in [5, 5.41) is 0. The van der Waals surface area contributed by atoms with Crippen LogP contribution in [0.2, 0.25) is 0 Å². The molecule has 31 heavy (non-hydrogen) atoms. The maximum absolute atomic E-state index is 14.0. The average molecular weight is 421 g/mol. The summed E-state index contributed by atoms with van der Waals surface area (Å²) in [5.74, 6) is -0.232. The molecule has 1 saturated carbocycles. The third-order valence-electron chi connectivity index (χ3n) is 6.95. The van der Waals surface area contributed by atoms with Gasteiger partial charge in [-0.2, -0.15) is 0 Å². The van der Waals surface area contributed by atoms with Crippen LogP contribution in [0.3, 0.4) is 0 Å². The van der Waals surface area contributed by atoms with E-state index in [-0.39, 0.29) is 17.7 Å². The Bertz CT molecular complexity index is 921. The Balaban J connectivity index is 1.77. The van der Waals surface area contributed by atoms with E-state index in [1.54, 1.807) is 7.11 Å². The van der Waals surface area contributed by atoms with Crippen molar-refractivity contribution in [3.05, 3.63) is 71.3 Å². The van der Waals surface area contributed by atoms with Crippen molar-refractivity contribution in [3.8, 4) is 0 Å². The van der Waals surface area contributed by atoms with Gasteiger partial charge in [0.25, 0.3) is 5.91 Å². The highest BCUT2D eigenvalue weighted by Gasteiger charge is 2.54. The Hall–Kier alpha value is -2.66. The van der Waals surface area contributed by atoms with Gasteiger partial charge in [-0.15, -0.1) is 0 Å². The number of hydrogen-bond acceptors (Lipinski definition) is 3. The summed E-state index contributed by atoms with van der Waals surface area (Å²) in [6, 6.07) is 17.8. The number of carbonyl (C=O) groups excluding carboxylic acids is 2. The molecule has 0 unspecified atom stereocenters. The fraction of sp³-hybridized carbons (Fsp3) is 0.462. The summed E-state index contributed by atoms with van der Waals surface area (Å²) in [7, 11) is 3.54. The maximum Gasteiger partial charge on any atom is 0.254 e. The monoisotopic (exact) mass is 420 g/mol. The van der Waals surface area contributed by atoms with Crippen LogP contribution in [0.4, 0.5) is 0 Å². The van der Waals surface area contributed by atoms with Crippen LogP contribution in [0.5, 0.6) is 0 Å². The van der Waals surface area contributed by atoms with Gasteiger partial charge in [0.1, 0.15) is 0 Å². The topological polar surface area (TPSA) is 49.9 Å². The second-order valence-corrected chi connectivity index (χ2v) is 8.81. The van der Waals surface area contributed by atoms with Gasteiger partial charge in [-0.3, -0.25) is 9.59 Å². The quantitative estimate of drug-likeness (QED) is 0.703. The summed E-state index contributed by atoms with van der Waals surface area (Å²) in [6.07, 6.45) is 4.92. The largest absolute Gasteiger partial charge is 0.383 e. The van der Waals surface area contributed by atoms with E-state index in [9.17, 15) is 9.59 Å². The first kappa shape index (κ1) is 21.6. The number of fused-ring (bicyclic) bond motifs is 1. The lowest BCUT2D eigenvalue weighted by Crippen LogP contribution is -2.63. The van der Waals surface area contributed by atoms with Crippen molar-refractivity contribution >= 4 is 11.8 Å². The Morgan fingerprint density at radius 3 is 2.45 bits per heavy atom. The number of methoxy groups -OCH3 is 1. The molecule has 1 aliphatic carbocycles. The minimum absolute atomic E-state index is 0.0318. The van der Waals surface area contributed by atoms with Crippen LogP contribution in [-0.2, 0) is 16.1 Å². The van der Waals surface area contributed by atoms with Crippen molar-refractivity contribution in [2.24, 2.45) is 0 Å². The molecule has 164 valence electrons. The third-order valence-corrected chi connectivity index (χ3v) is 6.95. The van der Waals surface area contributed by atoms with Gasteiger partial charge < -0.3 is 14.5 Å². The van der Waals surface area contributed by atoms with Crippen molar-refractivity contribution in [1.82, 2.24) is 9.80 Å². The van der Waals surface area contributed by atoms with Crippen LogP contribution >= 0.6 is 0 Å². The molecule has 0 N–H and O–H groups in total. The fourth-order valence-corrected chi connectivity index (χ4v) is 5.48. The van der Waals surface area contributed by atoms with Gasteiger partial charge in [-0.25, -0.2) is 0 Å². The summed E-state index contributed by atoms with van der Waals surface area (Å²) < 4.78 is 5.35. The highest BCUT2D eigenvalue weighted by atomic mass is 16.5. The molecule has 1 fully saturated rings. The van der Waals surface area contributed by atoms with E-state index in [0.29, 0.717) is 25.3 Å². The SMILES string of the molecule is COCCN1C(=O)c2ccccc2[C@H](C(=O)N(C)Cc2ccccc2)C12CCCCC2. The predicted molar refractivity (Wildman–Crippen MR) is 121 cm³/mol. The number of ether oxygens (including phenoxy) is 1. The molecule has 0 radical (unpaired) electrons. The highest BCUT2D eigenvalue weighted by Crippen LogP contribution is 2.49. The van der Waals surface area contributed by atoms with E-state index in [0.717, 1.165) is 43.2 Å². The van der Waals surface area contributed by atoms with E-state index in [4.69, 9.17) is 4.74 Å². The van der Waals surface area contributed by atoms with E-state index in [1.165, 1.54) is 0 Å². The zero-order chi connectivity index (χ0) is 21.8. The number of rotatable bonds is 6. The molecule has 1 spiro atoms. The molecular weight excluding hydrogens is 388 g/mol. The van der Waals surface area contributed by atoms with Gasteiger partial charge in [-0.1, -0.05) is 67.8 Å². The lowest BCUT2D eigenvalue weighted by molar-refractivity contribution is -0.137. The maximum atomic E-state index is 14.0. The van der Waals surface area contributed by atoms with Crippen LogP contribution in [0.15, 0.2) is 54.6 Å². The van der Waals surface area contributed by atoms with E-state index in [1.807, 2.05) is 71.4 Å². The first-order valence-electron chi connectivity index (χ1n) is 11.3. The van der Waals surface area contributed by atoms with Crippen LogP contribution < -0.4 is 0 Å². The first-order valence-corrected chi connectivity index (χ1v) is 11.3. The molecule has 5 heteroatoms. The molecule has 5 nitrogen and oxygen atoms in total. The standard InChI is InChI=1S/C26H32N2O3/c1-27(19-20-11-5-3-6-12-20)25(30)23-21-13-7-8-14-22(21)24(29)28(17-18-31-2)26(23)15-9-4-10-16-26/h3,5-8,11-14,23H,4,9-10,15-19H2,1-2H3/t23-/m1/s1. The molecule has 2 aromatic rings. The first-order chi connectivity index (χ1) is 15.1. The van der Waals surface area contributed by atoms with Gasteiger partial charge in [0.2, 0.25) is 5.91 Å². The summed E-state index contributed by atoms with van der Waals surface area (Å²) in [5.41, 5.74) is 2.16. The van der Waals surface area contributed by atoms with Crippen LogP contribution in [0.1, 0.15) is 59.5 Å². The Kier molecular flexibility index (Phi) is 6.42. The highest BCUT2D eigenvalue weighted by molar-refractivity contribution is 6.02. The second-order valence-electron chi connectivity index (χ2n) is 8.81. The number of carbonyl (C=O) groups is 2. The van der Waals surface area contributed by atoms with Crippen molar-refractivity contribution in [2.45, 2.75) is 50.1 Å². The zero-order valence-corrected chi connectivity index (χ0v) is 18.5. The second kappa shape index (κ2) is 9.23. The van der Waals surface area contributed by atoms with Crippen LogP contribution in [0.25, 0.3) is 0 Å². The van der Waals surface area contributed by atoms with Crippen molar-refractivity contribution in [2.75, 3.05) is 27.3 Å². The van der Waals surface area contributed by atoms with Gasteiger partial charge in [0.05, 0.1) is 18.1 Å². The van der Waals surface area contributed by atoms with Crippen molar-refractivity contribution in [1.29, 1.82) is 0 Å². The molecule has 4 rings (SSSR count). The molecule has 2 aliphatic rings. The van der Waals surface area contributed by atoms with E-state index < -0.39 is 5.54 Å². The Morgan fingerprint density at radius 2 is 1.74 bits per heavy atom. The van der Waals surface area contributed by atoms with Gasteiger partial charge in [-0.05, 0) is 30.0 Å². The van der Waals surface area contributed by atoms with Crippen LogP contribution in [0, 0.1) is 0 Å². The van der Waals surface area contributed by atoms with E-state index in [2.05, 4.69) is 0 Å². The molecule has 0 aromatic heterocycles. The predicted octanol–water partition coefficient (Wildman–Crippen LogP) is 4.23. The normalized spacial score (nSPS) is 19.9. The zero-order valence-electron chi connectivity index (χ0n) is 18.5. The molecule has 0 saturated heterocycles. The van der Waals surface area contributed by atoms with Gasteiger partial charge in [0, 0.05) is 32.8 Å². The number of amides is 2. The minimum atomic E-state index is -0.482. The molecule has 0 bridgehead atoms. The third kappa shape index (κ3) is 3.99. The number of likely N-dealkylation sites (N-methyl/N-ethyl adjacent to an activating group) is 1. The molecular formula is C26H32N2O3. The Morgan fingerprint density at radius 1 is 1.06 bits per heavy atom. The minimum Gasteiger partial charge on any atom is -0.383 e. The average Bonchev–Trinajstić information content (AvgIpc) is 2.80. The molecule has 1 aliphatic heterocycles. The Labute approximate surface area is 185 Å². The lowest BCUT2D eigenvalue weighted by atomic mass is 9.65. The van der Waals surface area contributed by atoms with Crippen molar-refractivity contribution in [3.63, 3.8) is 0 Å².